The summed E-state index contributed by atoms with van der Waals surface area (Å²) in [4.78, 5) is 25.1. The number of likely N-dealkylation sites (tertiary alicyclic amines) is 1. The van der Waals surface area contributed by atoms with Crippen LogP contribution < -0.4 is 10.1 Å². The highest BCUT2D eigenvalue weighted by atomic mass is 16.5. The number of ether oxygens (including phenoxy) is 1. The predicted molar refractivity (Wildman–Crippen MR) is 97.1 cm³/mol. The van der Waals surface area contributed by atoms with E-state index in [1.165, 1.54) is 0 Å². The summed E-state index contributed by atoms with van der Waals surface area (Å²) in [7, 11) is 0. The lowest BCUT2D eigenvalue weighted by atomic mass is 9.99. The molecule has 1 unspecified atom stereocenters. The molecule has 1 aliphatic heterocycles. The maximum Gasteiger partial charge on any atom is 0.317 e. The van der Waals surface area contributed by atoms with Gasteiger partial charge < -0.3 is 20.1 Å². The first kappa shape index (κ1) is 17.8. The van der Waals surface area contributed by atoms with Crippen LogP contribution in [0.15, 0.2) is 54.6 Å². The topological polar surface area (TPSA) is 78.9 Å². The fourth-order valence-corrected chi connectivity index (χ4v) is 3.01. The molecule has 1 saturated heterocycles. The van der Waals surface area contributed by atoms with Crippen molar-refractivity contribution in [3.05, 3.63) is 60.2 Å². The van der Waals surface area contributed by atoms with Crippen LogP contribution in [0.2, 0.25) is 0 Å². The Bertz CT molecular complexity index is 763. The number of benzene rings is 2. The molecule has 0 aromatic heterocycles. The normalized spacial score (nSPS) is 16.8. The van der Waals surface area contributed by atoms with Gasteiger partial charge in [0.15, 0.2) is 0 Å². The molecule has 0 spiro atoms. The van der Waals surface area contributed by atoms with Gasteiger partial charge in [0.1, 0.15) is 11.5 Å². The van der Waals surface area contributed by atoms with Crippen molar-refractivity contribution >= 4 is 12.0 Å². The minimum atomic E-state index is -0.843. The summed E-state index contributed by atoms with van der Waals surface area (Å²) in [5.41, 5.74) is 0.858. The van der Waals surface area contributed by atoms with E-state index in [1.807, 2.05) is 54.6 Å². The molecule has 1 aliphatic rings. The Morgan fingerprint density at radius 3 is 2.62 bits per heavy atom. The molecule has 1 fully saturated rings. The number of urea groups is 1. The van der Waals surface area contributed by atoms with Gasteiger partial charge in [-0.15, -0.1) is 0 Å². The average molecular weight is 354 g/mol. The van der Waals surface area contributed by atoms with Gasteiger partial charge in [0.05, 0.1) is 5.92 Å². The number of hydrogen-bond acceptors (Lipinski definition) is 3. The number of aliphatic carboxylic acids is 1. The number of carbonyl (C=O) groups is 2. The maximum absolute atomic E-state index is 12.4. The summed E-state index contributed by atoms with van der Waals surface area (Å²) in [5.74, 6) is 0.0833. The number of para-hydroxylation sites is 2. The van der Waals surface area contributed by atoms with Crippen LogP contribution >= 0.6 is 0 Å². The molecule has 2 N–H and O–H groups in total. The van der Waals surface area contributed by atoms with Crippen molar-refractivity contribution in [1.82, 2.24) is 10.2 Å². The zero-order chi connectivity index (χ0) is 18.4. The molecule has 1 heterocycles. The molecule has 1 atom stereocenters. The second kappa shape index (κ2) is 8.38. The summed E-state index contributed by atoms with van der Waals surface area (Å²) in [5, 5.41) is 12.0. The first-order valence-electron chi connectivity index (χ1n) is 8.70. The van der Waals surface area contributed by atoms with E-state index in [0.717, 1.165) is 11.3 Å². The lowest BCUT2D eigenvalue weighted by Crippen LogP contribution is -2.46. The highest BCUT2D eigenvalue weighted by molar-refractivity contribution is 5.76. The molecule has 26 heavy (non-hydrogen) atoms. The van der Waals surface area contributed by atoms with E-state index < -0.39 is 11.9 Å². The van der Waals surface area contributed by atoms with Crippen molar-refractivity contribution in [3.63, 3.8) is 0 Å². The second-order valence-electron chi connectivity index (χ2n) is 6.30. The summed E-state index contributed by atoms with van der Waals surface area (Å²) >= 11 is 0. The van der Waals surface area contributed by atoms with Crippen LogP contribution in [0, 0.1) is 5.92 Å². The number of carbonyl (C=O) groups excluding carboxylic acids is 1. The van der Waals surface area contributed by atoms with Gasteiger partial charge in [0, 0.05) is 25.2 Å². The molecule has 0 radical (unpaired) electrons. The zero-order valence-electron chi connectivity index (χ0n) is 14.4. The molecular formula is C20H22N2O4. The van der Waals surface area contributed by atoms with Crippen LogP contribution in [0.4, 0.5) is 4.79 Å². The Hall–Kier alpha value is -3.02. The summed E-state index contributed by atoms with van der Waals surface area (Å²) in [6.07, 6.45) is 1.32. The fourth-order valence-electron chi connectivity index (χ4n) is 3.01. The molecule has 6 nitrogen and oxygen atoms in total. The number of nitrogens with zero attached hydrogens (tertiary/aromatic N) is 1. The van der Waals surface area contributed by atoms with Crippen molar-refractivity contribution in [2.24, 2.45) is 5.92 Å². The van der Waals surface area contributed by atoms with Crippen LogP contribution in [-0.2, 0) is 11.3 Å². The monoisotopic (exact) mass is 354 g/mol. The molecule has 3 rings (SSSR count). The molecular weight excluding hydrogens is 332 g/mol. The molecule has 136 valence electrons. The highest BCUT2D eigenvalue weighted by Gasteiger charge is 2.28. The number of piperidine rings is 1. The quantitative estimate of drug-likeness (QED) is 0.861. The highest BCUT2D eigenvalue weighted by Crippen LogP contribution is 2.25. The number of rotatable bonds is 5. The molecule has 2 aromatic rings. The Morgan fingerprint density at radius 1 is 1.12 bits per heavy atom. The van der Waals surface area contributed by atoms with E-state index in [-0.39, 0.29) is 12.6 Å². The fraction of sp³-hybridized carbons (Fsp3) is 0.300. The molecule has 0 saturated carbocycles. The molecule has 2 aromatic carbocycles. The van der Waals surface area contributed by atoms with Gasteiger partial charge in [-0.05, 0) is 31.0 Å². The van der Waals surface area contributed by atoms with Gasteiger partial charge in [-0.25, -0.2) is 4.79 Å². The van der Waals surface area contributed by atoms with E-state index in [1.54, 1.807) is 4.90 Å². The Kier molecular flexibility index (Phi) is 5.73. The van der Waals surface area contributed by atoms with Crippen molar-refractivity contribution in [1.29, 1.82) is 0 Å². The van der Waals surface area contributed by atoms with Gasteiger partial charge >= 0.3 is 12.0 Å². The molecule has 6 heteroatoms. The largest absolute Gasteiger partial charge is 0.481 e. The van der Waals surface area contributed by atoms with Crippen LogP contribution in [0.3, 0.4) is 0 Å². The number of carboxylic acids is 1. The van der Waals surface area contributed by atoms with Crippen LogP contribution in [0.25, 0.3) is 0 Å². The Morgan fingerprint density at radius 2 is 1.85 bits per heavy atom. The third kappa shape index (κ3) is 4.53. The lowest BCUT2D eigenvalue weighted by molar-refractivity contribution is -0.143. The van der Waals surface area contributed by atoms with E-state index in [0.29, 0.717) is 31.7 Å². The van der Waals surface area contributed by atoms with E-state index >= 15 is 0 Å². The van der Waals surface area contributed by atoms with Gasteiger partial charge in [-0.2, -0.15) is 0 Å². The number of hydrogen-bond donors (Lipinski definition) is 2. The summed E-state index contributed by atoms with van der Waals surface area (Å²) < 4.78 is 5.89. The first-order valence-corrected chi connectivity index (χ1v) is 8.70. The lowest BCUT2D eigenvalue weighted by Gasteiger charge is -2.30. The average Bonchev–Trinajstić information content (AvgIpc) is 2.68. The number of nitrogens with one attached hydrogen (secondary N) is 1. The third-order valence-electron chi connectivity index (χ3n) is 4.43. The summed E-state index contributed by atoms with van der Waals surface area (Å²) in [6, 6.07) is 16.7. The maximum atomic E-state index is 12.4. The van der Waals surface area contributed by atoms with Gasteiger partial charge in [-0.1, -0.05) is 36.4 Å². The molecule has 2 amide bonds. The van der Waals surface area contributed by atoms with Gasteiger partial charge in [0.2, 0.25) is 0 Å². The number of amides is 2. The third-order valence-corrected chi connectivity index (χ3v) is 4.43. The van der Waals surface area contributed by atoms with Gasteiger partial charge in [-0.3, -0.25) is 4.79 Å². The minimum Gasteiger partial charge on any atom is -0.481 e. The van der Waals surface area contributed by atoms with Crippen molar-refractivity contribution < 1.29 is 19.4 Å². The number of carboxylic acid groups (broad SMARTS) is 1. The Balaban J connectivity index is 1.61. The Labute approximate surface area is 152 Å². The zero-order valence-corrected chi connectivity index (χ0v) is 14.4. The predicted octanol–water partition coefficient (Wildman–Crippen LogP) is 3.49. The van der Waals surface area contributed by atoms with Gasteiger partial charge in [0.25, 0.3) is 0 Å². The van der Waals surface area contributed by atoms with Crippen LogP contribution in [0.5, 0.6) is 11.5 Å². The van der Waals surface area contributed by atoms with Crippen LogP contribution in [0.1, 0.15) is 18.4 Å². The molecule has 0 bridgehead atoms. The standard InChI is InChI=1S/C20H22N2O4/c23-19(24)16-8-6-12-22(14-16)20(25)21-13-15-7-4-5-11-18(15)26-17-9-2-1-3-10-17/h1-5,7,9-11,16H,6,8,12-14H2,(H,21,25)(H,23,24). The first-order chi connectivity index (χ1) is 12.6. The van der Waals surface area contributed by atoms with Crippen LogP contribution in [-0.4, -0.2) is 35.1 Å². The van der Waals surface area contributed by atoms with Crippen molar-refractivity contribution in [2.45, 2.75) is 19.4 Å². The minimum absolute atomic E-state index is 0.245. The van der Waals surface area contributed by atoms with E-state index in [2.05, 4.69) is 5.32 Å². The second-order valence-corrected chi connectivity index (χ2v) is 6.30. The van der Waals surface area contributed by atoms with E-state index in [9.17, 15) is 9.59 Å². The summed E-state index contributed by atoms with van der Waals surface area (Å²) in [6.45, 7) is 1.15. The molecule has 0 aliphatic carbocycles. The van der Waals surface area contributed by atoms with Crippen molar-refractivity contribution in [3.8, 4) is 11.5 Å². The smallest absolute Gasteiger partial charge is 0.317 e. The SMILES string of the molecule is O=C(O)C1CCCN(C(=O)NCc2ccccc2Oc2ccccc2)C1. The van der Waals surface area contributed by atoms with E-state index in [4.69, 9.17) is 9.84 Å². The van der Waals surface area contributed by atoms with Crippen molar-refractivity contribution in [2.75, 3.05) is 13.1 Å².